The molecule has 1 aliphatic heterocycles. The molecule has 5 rings (SSSR count). The summed E-state index contributed by atoms with van der Waals surface area (Å²) in [6.45, 7) is 5.51. The van der Waals surface area contributed by atoms with E-state index in [4.69, 9.17) is 15.2 Å². The zero-order valence-corrected chi connectivity index (χ0v) is 26.4. The molecule has 0 saturated heterocycles. The number of primary amides is 1. The summed E-state index contributed by atoms with van der Waals surface area (Å²) < 4.78 is 25.3. The van der Waals surface area contributed by atoms with Crippen molar-refractivity contribution >= 4 is 28.6 Å². The number of carbonyl (C=O) groups is 3. The third-order valence-electron chi connectivity index (χ3n) is 7.82. The zero-order valence-electron chi connectivity index (χ0n) is 26.4. The molecule has 6 N–H and O–H groups in total. The fraction of sp³-hybridized carbons (Fsp3) is 0.324. The summed E-state index contributed by atoms with van der Waals surface area (Å²) in [6.07, 6.45) is 1.55. The SMILES string of the molecule is CC(C)(O)CNC(=O)[C@@]1(C)COc2c1cc([C@@](C)(O)CNC(=O)c1cc(OCC(N)=O)c3ncccc3c1)nc2-c1ccc(F)cc1. The summed E-state index contributed by atoms with van der Waals surface area (Å²) in [4.78, 5) is 47.1. The molecular formula is C34H36FN5O7. The van der Waals surface area contributed by atoms with Crippen molar-refractivity contribution in [3.05, 3.63) is 83.4 Å². The van der Waals surface area contributed by atoms with Gasteiger partial charge >= 0.3 is 0 Å². The number of ether oxygens (including phenoxy) is 2. The van der Waals surface area contributed by atoms with Gasteiger partial charge in [-0.05, 0) is 76.2 Å². The molecule has 13 heteroatoms. The Hall–Kier alpha value is -5.14. The lowest BCUT2D eigenvalue weighted by molar-refractivity contribution is -0.127. The van der Waals surface area contributed by atoms with Crippen molar-refractivity contribution in [3.8, 4) is 22.8 Å². The third kappa shape index (κ3) is 7.16. The number of aliphatic hydroxyl groups is 2. The van der Waals surface area contributed by atoms with Gasteiger partial charge < -0.3 is 36.1 Å². The average Bonchev–Trinajstić information content (AvgIpc) is 3.38. The largest absolute Gasteiger partial charge is 0.489 e. The average molecular weight is 646 g/mol. The summed E-state index contributed by atoms with van der Waals surface area (Å²) in [5.74, 6) is -1.63. The number of benzene rings is 2. The Balaban J connectivity index is 1.48. The number of nitrogens with one attached hydrogen (secondary N) is 2. The maximum absolute atomic E-state index is 13.8. The van der Waals surface area contributed by atoms with E-state index in [1.54, 1.807) is 51.2 Å². The van der Waals surface area contributed by atoms with Crippen LogP contribution < -0.4 is 25.8 Å². The molecule has 12 nitrogen and oxygen atoms in total. The zero-order chi connectivity index (χ0) is 34.1. The Morgan fingerprint density at radius 2 is 1.79 bits per heavy atom. The van der Waals surface area contributed by atoms with Crippen LogP contribution in [-0.4, -0.2) is 69.8 Å². The molecule has 3 amide bonds. The van der Waals surface area contributed by atoms with Gasteiger partial charge in [-0.3, -0.25) is 19.4 Å². The molecular weight excluding hydrogens is 609 g/mol. The molecule has 0 bridgehead atoms. The number of nitrogens with zero attached hydrogens (tertiary/aromatic N) is 2. The van der Waals surface area contributed by atoms with Gasteiger partial charge in [-0.25, -0.2) is 9.37 Å². The minimum absolute atomic E-state index is 0.0105. The van der Waals surface area contributed by atoms with Crippen LogP contribution in [-0.2, 0) is 20.6 Å². The highest BCUT2D eigenvalue weighted by atomic mass is 19.1. The molecule has 0 aliphatic carbocycles. The van der Waals surface area contributed by atoms with E-state index in [0.717, 1.165) is 0 Å². The number of hydrogen-bond acceptors (Lipinski definition) is 9. The summed E-state index contributed by atoms with van der Waals surface area (Å²) in [6, 6.07) is 13.6. The van der Waals surface area contributed by atoms with E-state index in [1.807, 2.05) is 0 Å². The number of nitrogens with two attached hydrogens (primary N) is 1. The van der Waals surface area contributed by atoms with Gasteiger partial charge in [-0.2, -0.15) is 0 Å². The third-order valence-corrected chi connectivity index (χ3v) is 7.82. The summed E-state index contributed by atoms with van der Waals surface area (Å²) in [5, 5.41) is 28.0. The van der Waals surface area contributed by atoms with E-state index in [2.05, 4.69) is 20.6 Å². The molecule has 0 radical (unpaired) electrons. The molecule has 0 saturated carbocycles. The molecule has 0 unspecified atom stereocenters. The maximum Gasteiger partial charge on any atom is 0.255 e. The number of fused-ring (bicyclic) bond motifs is 2. The normalized spacial score (nSPS) is 16.9. The minimum Gasteiger partial charge on any atom is -0.489 e. The second kappa shape index (κ2) is 12.6. The van der Waals surface area contributed by atoms with E-state index in [9.17, 15) is 29.0 Å². The number of amides is 3. The Morgan fingerprint density at radius 1 is 1.06 bits per heavy atom. The van der Waals surface area contributed by atoms with Crippen molar-refractivity contribution in [1.29, 1.82) is 0 Å². The van der Waals surface area contributed by atoms with Crippen LogP contribution in [0.4, 0.5) is 4.39 Å². The smallest absolute Gasteiger partial charge is 0.255 e. The molecule has 2 aromatic carbocycles. The highest BCUT2D eigenvalue weighted by Gasteiger charge is 2.46. The Bertz CT molecular complexity index is 1860. The van der Waals surface area contributed by atoms with Crippen LogP contribution in [0.25, 0.3) is 22.2 Å². The van der Waals surface area contributed by atoms with Gasteiger partial charge in [0.25, 0.3) is 11.8 Å². The van der Waals surface area contributed by atoms with E-state index in [0.29, 0.717) is 27.8 Å². The Kier molecular flexibility index (Phi) is 8.89. The Labute approximate surface area is 270 Å². The standard InChI is InChI=1S/C34H36FN5O7/c1-32(2,44)16-39-31(43)33(3)18-47-29-23(33)14-25(40-28(29)19-7-9-22(35)10-8-19)34(4,45)17-38-30(42)21-12-20-6-5-11-37-27(20)24(13-21)46-15-26(36)41/h5-14,44-45H,15-18H2,1-4H3,(H2,36,41)(H,38,42)(H,39,43)/t33-,34-/m0/s1. The first-order chi connectivity index (χ1) is 22.1. The molecule has 2 aromatic heterocycles. The number of rotatable bonds is 11. The van der Waals surface area contributed by atoms with Gasteiger partial charge in [0.1, 0.15) is 46.1 Å². The van der Waals surface area contributed by atoms with Crippen molar-refractivity contribution in [3.63, 3.8) is 0 Å². The van der Waals surface area contributed by atoms with Gasteiger partial charge in [0.2, 0.25) is 5.91 Å². The number of carbonyl (C=O) groups excluding carboxylic acids is 3. The van der Waals surface area contributed by atoms with E-state index in [-0.39, 0.29) is 42.4 Å². The van der Waals surface area contributed by atoms with Gasteiger partial charge in [0.05, 0.1) is 17.8 Å². The number of halogens is 1. The molecule has 2 atom stereocenters. The summed E-state index contributed by atoms with van der Waals surface area (Å²) in [5.41, 5.74) is 3.01. The van der Waals surface area contributed by atoms with Gasteiger partial charge in [0, 0.05) is 34.8 Å². The van der Waals surface area contributed by atoms with Crippen LogP contribution in [0.1, 0.15) is 49.3 Å². The molecule has 246 valence electrons. The summed E-state index contributed by atoms with van der Waals surface area (Å²) in [7, 11) is 0. The van der Waals surface area contributed by atoms with Crippen LogP contribution >= 0.6 is 0 Å². The van der Waals surface area contributed by atoms with Gasteiger partial charge in [-0.15, -0.1) is 0 Å². The number of hydrogen-bond donors (Lipinski definition) is 5. The van der Waals surface area contributed by atoms with Crippen LogP contribution in [0.5, 0.6) is 11.5 Å². The topological polar surface area (TPSA) is 186 Å². The molecule has 3 heterocycles. The molecule has 0 spiro atoms. The molecule has 4 aromatic rings. The predicted octanol–water partition coefficient (Wildman–Crippen LogP) is 2.47. The van der Waals surface area contributed by atoms with Crippen LogP contribution in [0.15, 0.2) is 60.8 Å². The van der Waals surface area contributed by atoms with Crippen molar-refractivity contribution in [2.45, 2.75) is 44.3 Å². The number of pyridine rings is 2. The second-order valence-corrected chi connectivity index (χ2v) is 12.6. The van der Waals surface area contributed by atoms with E-state index >= 15 is 0 Å². The minimum atomic E-state index is -1.77. The van der Waals surface area contributed by atoms with Crippen LogP contribution in [0.2, 0.25) is 0 Å². The fourth-order valence-electron chi connectivity index (χ4n) is 5.14. The van der Waals surface area contributed by atoms with Gasteiger partial charge in [0.15, 0.2) is 6.61 Å². The highest BCUT2D eigenvalue weighted by Crippen LogP contribution is 2.45. The maximum atomic E-state index is 13.8. The van der Waals surface area contributed by atoms with Crippen molar-refractivity contribution in [2.75, 3.05) is 26.3 Å². The lowest BCUT2D eigenvalue weighted by Crippen LogP contribution is -2.48. The molecule has 1 aliphatic rings. The van der Waals surface area contributed by atoms with Crippen molar-refractivity contribution in [2.24, 2.45) is 5.73 Å². The second-order valence-electron chi connectivity index (χ2n) is 12.6. The van der Waals surface area contributed by atoms with Crippen molar-refractivity contribution < 1.29 is 38.5 Å². The quantitative estimate of drug-likeness (QED) is 0.163. The molecule has 0 fully saturated rings. The van der Waals surface area contributed by atoms with Crippen LogP contribution in [0.3, 0.4) is 0 Å². The van der Waals surface area contributed by atoms with Gasteiger partial charge in [-0.1, -0.05) is 6.07 Å². The predicted molar refractivity (Wildman–Crippen MR) is 170 cm³/mol. The lowest BCUT2D eigenvalue weighted by Gasteiger charge is -2.28. The molecule has 47 heavy (non-hydrogen) atoms. The van der Waals surface area contributed by atoms with E-state index < -0.39 is 46.8 Å². The fourth-order valence-corrected chi connectivity index (χ4v) is 5.14. The first-order valence-corrected chi connectivity index (χ1v) is 14.8. The highest BCUT2D eigenvalue weighted by molar-refractivity contribution is 6.00. The lowest BCUT2D eigenvalue weighted by atomic mass is 9.81. The first kappa shape index (κ1) is 33.2. The summed E-state index contributed by atoms with van der Waals surface area (Å²) >= 11 is 0. The van der Waals surface area contributed by atoms with Crippen LogP contribution in [0, 0.1) is 5.82 Å². The number of aromatic nitrogens is 2. The van der Waals surface area contributed by atoms with Crippen molar-refractivity contribution in [1.82, 2.24) is 20.6 Å². The van der Waals surface area contributed by atoms with E-state index in [1.165, 1.54) is 37.3 Å². The monoisotopic (exact) mass is 645 g/mol. The Morgan fingerprint density at radius 3 is 2.47 bits per heavy atom. The first-order valence-electron chi connectivity index (χ1n) is 14.8.